The molecule has 5 rings (SSSR count). The molecule has 136 valence electrons. The second kappa shape index (κ2) is 6.43. The van der Waals surface area contributed by atoms with Crippen LogP contribution in [0.15, 0.2) is 6.33 Å². The van der Waals surface area contributed by atoms with Crippen molar-refractivity contribution in [2.45, 2.75) is 58.0 Å². The van der Waals surface area contributed by atoms with E-state index in [0.717, 1.165) is 59.7 Å². The fourth-order valence-corrected chi connectivity index (χ4v) is 5.48. The lowest BCUT2D eigenvalue weighted by atomic mass is 9.99. The Kier molecular flexibility index (Phi) is 4.05. The molecule has 0 radical (unpaired) electrons. The van der Waals surface area contributed by atoms with Gasteiger partial charge in [0.2, 0.25) is 0 Å². The van der Waals surface area contributed by atoms with E-state index in [2.05, 4.69) is 29.1 Å². The van der Waals surface area contributed by atoms with Crippen LogP contribution < -0.4 is 5.32 Å². The predicted molar refractivity (Wildman–Crippen MR) is 106 cm³/mol. The highest BCUT2D eigenvalue weighted by Crippen LogP contribution is 2.42. The minimum Gasteiger partial charge on any atom is -0.376 e. The summed E-state index contributed by atoms with van der Waals surface area (Å²) in [4.78, 5) is 15.3. The number of pyridine rings is 1. The summed E-state index contributed by atoms with van der Waals surface area (Å²) in [6.45, 7) is 6.18. The molecule has 3 aromatic heterocycles. The minimum atomic E-state index is 0.296. The zero-order valence-corrected chi connectivity index (χ0v) is 16.2. The van der Waals surface area contributed by atoms with Gasteiger partial charge >= 0.3 is 0 Å². The van der Waals surface area contributed by atoms with Gasteiger partial charge < -0.3 is 10.1 Å². The molecule has 1 N–H and O–H groups in total. The molecule has 0 amide bonds. The van der Waals surface area contributed by atoms with E-state index in [0.29, 0.717) is 12.0 Å². The fourth-order valence-electron chi connectivity index (χ4n) is 4.35. The Labute approximate surface area is 157 Å². The molecule has 26 heavy (non-hydrogen) atoms. The SMILES string of the molecule is CC(C)c1nc2sc3c(NCC4CCCO4)ncnc3c2c2c1CCC2. The van der Waals surface area contributed by atoms with Gasteiger partial charge in [-0.2, -0.15) is 0 Å². The monoisotopic (exact) mass is 368 g/mol. The van der Waals surface area contributed by atoms with Crippen LogP contribution in [0.3, 0.4) is 0 Å². The minimum absolute atomic E-state index is 0.296. The van der Waals surface area contributed by atoms with Gasteiger partial charge in [-0.25, -0.2) is 15.0 Å². The van der Waals surface area contributed by atoms with Gasteiger partial charge in [-0.1, -0.05) is 13.8 Å². The van der Waals surface area contributed by atoms with Crippen LogP contribution in [0.1, 0.15) is 55.8 Å². The zero-order valence-electron chi connectivity index (χ0n) is 15.3. The number of aryl methyl sites for hydroxylation is 1. The van der Waals surface area contributed by atoms with Crippen LogP contribution >= 0.6 is 11.3 Å². The molecular formula is C20H24N4OS. The van der Waals surface area contributed by atoms with Gasteiger partial charge in [-0.15, -0.1) is 11.3 Å². The number of nitrogens with zero attached hydrogens (tertiary/aromatic N) is 3. The number of hydrogen-bond acceptors (Lipinski definition) is 6. The number of thiophene rings is 1. The molecule has 1 saturated heterocycles. The van der Waals surface area contributed by atoms with Crippen molar-refractivity contribution in [3.05, 3.63) is 23.1 Å². The average Bonchev–Trinajstić information content (AvgIpc) is 3.36. The van der Waals surface area contributed by atoms with Gasteiger partial charge in [0.15, 0.2) is 0 Å². The van der Waals surface area contributed by atoms with Crippen LogP contribution in [0.25, 0.3) is 20.4 Å². The first kappa shape index (κ1) is 16.4. The summed E-state index contributed by atoms with van der Waals surface area (Å²) < 4.78 is 6.86. The van der Waals surface area contributed by atoms with Crippen molar-refractivity contribution < 1.29 is 4.74 Å². The lowest BCUT2D eigenvalue weighted by Gasteiger charge is -2.12. The van der Waals surface area contributed by atoms with Crippen LogP contribution in [-0.2, 0) is 17.6 Å². The molecule has 6 heteroatoms. The molecule has 5 nitrogen and oxygen atoms in total. The number of ether oxygens (including phenoxy) is 1. The third-order valence-corrected chi connectivity index (χ3v) is 6.65. The molecule has 4 heterocycles. The van der Waals surface area contributed by atoms with E-state index in [1.54, 1.807) is 17.7 Å². The summed E-state index contributed by atoms with van der Waals surface area (Å²) in [5.74, 6) is 1.38. The van der Waals surface area contributed by atoms with Crippen molar-refractivity contribution in [2.75, 3.05) is 18.5 Å². The molecule has 0 spiro atoms. The largest absolute Gasteiger partial charge is 0.376 e. The van der Waals surface area contributed by atoms with Crippen molar-refractivity contribution in [2.24, 2.45) is 0 Å². The van der Waals surface area contributed by atoms with Gasteiger partial charge in [-0.05, 0) is 49.1 Å². The first-order chi connectivity index (χ1) is 12.7. The molecule has 0 bridgehead atoms. The van der Waals surface area contributed by atoms with E-state index >= 15 is 0 Å². The summed E-state index contributed by atoms with van der Waals surface area (Å²) in [6.07, 6.45) is 7.78. The normalized spacial score (nSPS) is 19.7. The molecule has 0 saturated carbocycles. The Morgan fingerprint density at radius 3 is 2.92 bits per heavy atom. The maximum Gasteiger partial charge on any atom is 0.147 e. The standard InChI is InChI=1S/C20H24N4OS/c1-11(2)16-14-7-3-6-13(14)15-17-18(26-20(15)24-16)19(23-10-22-17)21-9-12-5-4-8-25-12/h10-12H,3-9H2,1-2H3,(H,21,22,23). The van der Waals surface area contributed by atoms with E-state index in [4.69, 9.17) is 9.72 Å². The Balaban J connectivity index is 1.63. The Morgan fingerprint density at radius 2 is 2.12 bits per heavy atom. The molecule has 1 atom stereocenters. The maximum atomic E-state index is 5.73. The predicted octanol–water partition coefficient (Wildman–Crippen LogP) is 4.44. The maximum absolute atomic E-state index is 5.73. The van der Waals surface area contributed by atoms with E-state index in [1.807, 2.05) is 0 Å². The Morgan fingerprint density at radius 1 is 1.23 bits per heavy atom. The lowest BCUT2D eigenvalue weighted by molar-refractivity contribution is 0.120. The fraction of sp³-hybridized carbons (Fsp3) is 0.550. The zero-order chi connectivity index (χ0) is 17.7. The smallest absolute Gasteiger partial charge is 0.147 e. The summed E-state index contributed by atoms with van der Waals surface area (Å²) in [7, 11) is 0. The second-order valence-electron chi connectivity index (χ2n) is 7.66. The summed E-state index contributed by atoms with van der Waals surface area (Å²) >= 11 is 1.73. The van der Waals surface area contributed by atoms with Gasteiger partial charge in [0, 0.05) is 24.2 Å². The van der Waals surface area contributed by atoms with E-state index in [-0.39, 0.29) is 0 Å². The summed E-state index contributed by atoms with van der Waals surface area (Å²) in [6, 6.07) is 0. The number of rotatable bonds is 4. The topological polar surface area (TPSA) is 59.9 Å². The van der Waals surface area contributed by atoms with Crippen molar-refractivity contribution >= 4 is 37.6 Å². The molecular weight excluding hydrogens is 344 g/mol. The summed E-state index contributed by atoms with van der Waals surface area (Å²) in [5.41, 5.74) is 5.29. The van der Waals surface area contributed by atoms with Crippen molar-refractivity contribution in [1.82, 2.24) is 15.0 Å². The average molecular weight is 369 g/mol. The van der Waals surface area contributed by atoms with E-state index in [1.165, 1.54) is 28.6 Å². The van der Waals surface area contributed by atoms with E-state index in [9.17, 15) is 0 Å². The first-order valence-corrected chi connectivity index (χ1v) is 10.5. The number of anilines is 1. The molecule has 3 aromatic rings. The van der Waals surface area contributed by atoms with Crippen LogP contribution in [0, 0.1) is 0 Å². The number of aromatic nitrogens is 3. The third-order valence-electron chi connectivity index (χ3n) is 5.57. The molecule has 2 aliphatic rings. The third kappa shape index (κ3) is 2.58. The van der Waals surface area contributed by atoms with Gasteiger partial charge in [0.05, 0.1) is 16.3 Å². The Bertz CT molecular complexity index is 975. The van der Waals surface area contributed by atoms with E-state index < -0.39 is 0 Å². The lowest BCUT2D eigenvalue weighted by Crippen LogP contribution is -2.18. The molecule has 1 aliphatic heterocycles. The highest BCUT2D eigenvalue weighted by Gasteiger charge is 2.25. The van der Waals surface area contributed by atoms with Gasteiger partial charge in [-0.3, -0.25) is 0 Å². The highest BCUT2D eigenvalue weighted by molar-refractivity contribution is 7.26. The molecule has 1 fully saturated rings. The highest BCUT2D eigenvalue weighted by atomic mass is 32.1. The number of hydrogen-bond donors (Lipinski definition) is 1. The Hall–Kier alpha value is -1.79. The summed E-state index contributed by atoms with van der Waals surface area (Å²) in [5, 5.41) is 4.77. The molecule has 0 aromatic carbocycles. The quantitative estimate of drug-likeness (QED) is 0.737. The van der Waals surface area contributed by atoms with Crippen LogP contribution in [0.5, 0.6) is 0 Å². The molecule has 1 unspecified atom stereocenters. The van der Waals surface area contributed by atoms with Crippen molar-refractivity contribution in [3.63, 3.8) is 0 Å². The number of nitrogens with one attached hydrogen (secondary N) is 1. The van der Waals surface area contributed by atoms with Crippen molar-refractivity contribution in [3.8, 4) is 0 Å². The number of fused-ring (bicyclic) bond motifs is 5. The van der Waals surface area contributed by atoms with Gasteiger partial charge in [0.25, 0.3) is 0 Å². The van der Waals surface area contributed by atoms with Crippen LogP contribution in [-0.4, -0.2) is 34.2 Å². The molecule has 1 aliphatic carbocycles. The van der Waals surface area contributed by atoms with Crippen LogP contribution in [0.2, 0.25) is 0 Å². The first-order valence-electron chi connectivity index (χ1n) is 9.66. The second-order valence-corrected chi connectivity index (χ2v) is 8.66. The van der Waals surface area contributed by atoms with Gasteiger partial charge in [0.1, 0.15) is 17.0 Å². The van der Waals surface area contributed by atoms with Crippen LogP contribution in [0.4, 0.5) is 5.82 Å². The van der Waals surface area contributed by atoms with Crippen molar-refractivity contribution in [1.29, 1.82) is 0 Å².